The highest BCUT2D eigenvalue weighted by atomic mass is 32.2. The molecule has 9 rings (SSSR count). The molecular formula is C54H38N4O6S2. The maximum absolute atomic E-state index is 13.5. The lowest BCUT2D eigenvalue weighted by molar-refractivity contribution is -0.293. The van der Waals surface area contributed by atoms with Gasteiger partial charge in [0.25, 0.3) is 0 Å². The smallest absolute Gasteiger partial charge is 0.370 e. The lowest BCUT2D eigenvalue weighted by atomic mass is 9.81. The molecular weight excluding hydrogens is 865 g/mol. The van der Waals surface area contributed by atoms with Crippen molar-refractivity contribution in [3.05, 3.63) is 193 Å². The summed E-state index contributed by atoms with van der Waals surface area (Å²) < 4.78 is 2.03. The second-order valence-electron chi connectivity index (χ2n) is 15.7. The minimum atomic E-state index is -0.873. The third kappa shape index (κ3) is 8.54. The maximum atomic E-state index is 13.5. The third-order valence-electron chi connectivity index (χ3n) is 10.8. The summed E-state index contributed by atoms with van der Waals surface area (Å²) >= 11 is 2.72. The van der Waals surface area contributed by atoms with Gasteiger partial charge in [-0.25, -0.2) is 4.98 Å². The van der Waals surface area contributed by atoms with Crippen molar-refractivity contribution in [2.75, 3.05) is 4.90 Å². The average molecular weight is 903 g/mol. The number of rotatable bonds is 6. The number of thioether (sulfide) groups is 1. The molecule has 4 N–H and O–H groups in total. The number of ketones is 1. The van der Waals surface area contributed by atoms with Crippen LogP contribution >= 0.6 is 23.1 Å². The first-order valence-corrected chi connectivity index (χ1v) is 22.2. The fourth-order valence-electron chi connectivity index (χ4n) is 7.36. The van der Waals surface area contributed by atoms with Crippen molar-refractivity contribution in [3.63, 3.8) is 0 Å². The zero-order chi connectivity index (χ0) is 46.2. The van der Waals surface area contributed by atoms with E-state index in [1.165, 1.54) is 47.4 Å². The molecule has 6 aromatic carbocycles. The number of aliphatic imine (C=N–C) groups is 1. The van der Waals surface area contributed by atoms with Crippen LogP contribution in [0.25, 0.3) is 16.9 Å². The van der Waals surface area contributed by atoms with Crippen LogP contribution in [-0.4, -0.2) is 42.6 Å². The second kappa shape index (κ2) is 17.7. The largest absolute Gasteiger partial charge is 0.871 e. The Hall–Kier alpha value is -8.29. The summed E-state index contributed by atoms with van der Waals surface area (Å²) in [6.45, 7) is 8.10. The molecule has 12 heteroatoms. The Morgan fingerprint density at radius 1 is 0.636 bits per heavy atom. The van der Waals surface area contributed by atoms with Crippen LogP contribution in [0, 0.1) is 39.5 Å². The fourth-order valence-corrected chi connectivity index (χ4v) is 8.99. The van der Waals surface area contributed by atoms with Crippen molar-refractivity contribution in [1.82, 2.24) is 9.56 Å². The van der Waals surface area contributed by atoms with Crippen LogP contribution in [0.2, 0.25) is 0 Å². The highest BCUT2D eigenvalue weighted by molar-refractivity contribution is 8.18. The summed E-state index contributed by atoms with van der Waals surface area (Å²) in [6, 6.07) is 37.4. The molecule has 322 valence electrons. The number of carbonyl (C=O) groups excluding carboxylic acids is 1. The summed E-state index contributed by atoms with van der Waals surface area (Å²) in [4.78, 5) is 26.1. The highest BCUT2D eigenvalue weighted by Gasteiger charge is 2.34. The lowest BCUT2D eigenvalue weighted by Gasteiger charge is -2.31. The Kier molecular flexibility index (Phi) is 11.5. The van der Waals surface area contributed by atoms with Crippen molar-refractivity contribution in [3.8, 4) is 34.8 Å². The number of hydrogen-bond donors (Lipinski definition) is 4. The van der Waals surface area contributed by atoms with Crippen LogP contribution in [-0.2, 0) is 4.79 Å². The standard InChI is InChI=1S/C54H38N4O6S2/c1-31-5-15-37(16-6-31)57(38-17-7-32(2)8-18-38)53-55-29-41(65-53)23-13-35-25-43(59)47(44(60)26-35)49-51(63)50(52(49)64)48-45(61)27-36(28-46(48)62)14-24-42-30-56-54(66-42)58(39-19-9-33(3)10-20-39)40-21-11-34(4)12-22-40/h5-12,15-22,25-30H,1-4H3,(H4,59,60,61,62,63,64). The number of hydrogen-bond acceptors (Lipinski definition) is 10. The molecule has 0 spiro atoms. The van der Waals surface area contributed by atoms with E-state index in [4.69, 9.17) is 0 Å². The number of anilines is 3. The van der Waals surface area contributed by atoms with Gasteiger partial charge in [-0.1, -0.05) is 99.5 Å². The number of amidine groups is 1. The predicted octanol–water partition coefficient (Wildman–Crippen LogP) is 8.70. The normalized spacial score (nSPS) is 13.0. The first-order valence-electron chi connectivity index (χ1n) is 20.6. The van der Waals surface area contributed by atoms with E-state index in [-0.39, 0.29) is 21.6 Å². The van der Waals surface area contributed by atoms with Crippen molar-refractivity contribution in [2.24, 2.45) is 4.99 Å². The number of phenols is 4. The van der Waals surface area contributed by atoms with Gasteiger partial charge in [-0.15, -0.1) is 0 Å². The van der Waals surface area contributed by atoms with Gasteiger partial charge in [-0.2, -0.15) is 4.58 Å². The van der Waals surface area contributed by atoms with Crippen molar-refractivity contribution < 1.29 is 30.3 Å². The molecule has 1 aliphatic heterocycles. The van der Waals surface area contributed by atoms with Gasteiger partial charge in [0, 0.05) is 45.1 Å². The molecule has 0 saturated heterocycles. The van der Waals surface area contributed by atoms with E-state index < -0.39 is 45.7 Å². The summed E-state index contributed by atoms with van der Waals surface area (Å²) in [5.74, 6) is 2.03. The van der Waals surface area contributed by atoms with Crippen LogP contribution in [0.15, 0.2) is 149 Å². The first-order chi connectivity index (χ1) is 31.8. The monoisotopic (exact) mass is 902 g/mol. The quantitative estimate of drug-likeness (QED) is 0.0730. The molecule has 1 aromatic heterocycles. The van der Waals surface area contributed by atoms with E-state index in [0.717, 1.165) is 45.0 Å². The summed E-state index contributed by atoms with van der Waals surface area (Å²) in [6.07, 6.45) is 3.29. The van der Waals surface area contributed by atoms with Crippen molar-refractivity contribution in [1.29, 1.82) is 0 Å². The zero-order valence-electron chi connectivity index (χ0n) is 35.9. The van der Waals surface area contributed by atoms with E-state index >= 15 is 0 Å². The van der Waals surface area contributed by atoms with Gasteiger partial charge >= 0.3 is 5.17 Å². The van der Waals surface area contributed by atoms with Crippen LogP contribution in [0.4, 0.5) is 27.9 Å². The number of Topliss-reactive ketones (excluding diaryl/α,β-unsaturated/α-hetero) is 1. The molecule has 66 heavy (non-hydrogen) atoms. The van der Waals surface area contributed by atoms with Crippen molar-refractivity contribution >= 4 is 85.0 Å². The Bertz CT molecular complexity index is 3370. The predicted molar refractivity (Wildman–Crippen MR) is 262 cm³/mol. The van der Waals surface area contributed by atoms with Gasteiger partial charge in [-0.3, -0.25) is 9.69 Å². The van der Waals surface area contributed by atoms with Crippen LogP contribution in [0.3, 0.4) is 0 Å². The van der Waals surface area contributed by atoms with E-state index in [1.807, 2.05) is 134 Å². The SMILES string of the molecule is Cc1ccc(N(c2ccc(C)cc2)c2ncc(C#Cc3cc(O)c(C4=C([O-])C(=c5c(O)cc(=C=C=C6C=NC(=[N+](c7ccc(C)cc7)c7ccc(C)cc7)S6)cc5O)C4=O)c(O)c3)s2)cc1. The molecule has 0 fully saturated rings. The van der Waals surface area contributed by atoms with E-state index in [0.29, 0.717) is 20.1 Å². The minimum Gasteiger partial charge on any atom is -0.871 e. The summed E-state index contributed by atoms with van der Waals surface area (Å²) in [5.41, 5.74) is 13.0. The van der Waals surface area contributed by atoms with Crippen LogP contribution in [0.5, 0.6) is 23.0 Å². The topological polar surface area (TPSA) is 153 Å². The Morgan fingerprint density at radius 3 is 1.67 bits per heavy atom. The Labute approximate surface area is 388 Å². The van der Waals surface area contributed by atoms with Crippen LogP contribution in [0.1, 0.15) is 38.3 Å². The van der Waals surface area contributed by atoms with Gasteiger partial charge in [0.15, 0.2) is 17.1 Å². The molecule has 0 radical (unpaired) electrons. The van der Waals surface area contributed by atoms with Crippen LogP contribution < -0.4 is 25.0 Å². The first kappa shape index (κ1) is 43.0. The molecule has 2 heterocycles. The van der Waals surface area contributed by atoms with Gasteiger partial charge < -0.3 is 25.5 Å². The molecule has 0 amide bonds. The number of thiazole rings is 1. The molecule has 2 aliphatic rings. The molecule has 0 saturated carbocycles. The Morgan fingerprint density at radius 2 is 1.15 bits per heavy atom. The highest BCUT2D eigenvalue weighted by Crippen LogP contribution is 2.44. The number of aromatic nitrogens is 1. The number of carbonyl (C=O) groups is 1. The molecule has 0 unspecified atom stereocenters. The van der Waals surface area contributed by atoms with E-state index in [9.17, 15) is 30.3 Å². The van der Waals surface area contributed by atoms with E-state index in [2.05, 4.69) is 33.3 Å². The molecule has 0 bridgehead atoms. The third-order valence-corrected chi connectivity index (χ3v) is 12.6. The van der Waals surface area contributed by atoms with Gasteiger partial charge in [-0.05, 0) is 117 Å². The summed E-state index contributed by atoms with van der Waals surface area (Å²) in [7, 11) is 0. The number of allylic oxidation sites excluding steroid dienone is 3. The van der Waals surface area contributed by atoms with Crippen molar-refractivity contribution in [2.45, 2.75) is 27.7 Å². The zero-order valence-corrected chi connectivity index (χ0v) is 37.5. The molecule has 10 nitrogen and oxygen atoms in total. The fraction of sp³-hybridized carbons (Fsp3) is 0.0741. The number of aromatic hydroxyl groups is 4. The average Bonchev–Trinajstić information content (AvgIpc) is 3.97. The van der Waals surface area contributed by atoms with Gasteiger partial charge in [0.1, 0.15) is 39.3 Å². The minimum absolute atomic E-state index is 0.220. The maximum Gasteiger partial charge on any atom is 0.370 e. The molecule has 1 aliphatic carbocycles. The number of nitrogens with zero attached hydrogens (tertiary/aromatic N) is 4. The second-order valence-corrected chi connectivity index (χ2v) is 17.7. The summed E-state index contributed by atoms with van der Waals surface area (Å²) in [5, 5.41) is 58.9. The van der Waals surface area contributed by atoms with Gasteiger partial charge in [0.05, 0.1) is 21.9 Å². The Balaban J connectivity index is 0.990. The van der Waals surface area contributed by atoms with Gasteiger partial charge in [0.2, 0.25) is 0 Å². The number of phenolic OH excluding ortho intramolecular Hbond substituents is 4. The molecule has 7 aromatic rings. The lowest BCUT2D eigenvalue weighted by Crippen LogP contribution is -2.33. The number of aryl methyl sites for hydroxylation is 4. The van der Waals surface area contributed by atoms with E-state index in [1.54, 1.807) is 12.4 Å². The molecule has 0 atom stereocenters. The number of benzene rings is 6.